The lowest BCUT2D eigenvalue weighted by Crippen LogP contribution is -2.40. The quantitative estimate of drug-likeness (QED) is 0.0470. The molecular weight excluding hydrogens is 1260 g/mol. The van der Waals surface area contributed by atoms with Crippen molar-refractivity contribution >= 4 is 85.5 Å². The van der Waals surface area contributed by atoms with E-state index in [1.165, 1.54) is 76.0 Å². The lowest BCUT2D eigenvalue weighted by molar-refractivity contribution is -0.149. The molecule has 0 saturated carbocycles. The van der Waals surface area contributed by atoms with Gasteiger partial charge in [0.2, 0.25) is 5.67 Å². The lowest BCUT2D eigenvalue weighted by atomic mass is 9.88. The number of nitrogens with one attached hydrogen (secondary N) is 1. The number of esters is 1. The first-order valence-corrected chi connectivity index (χ1v) is 30.8. The molecule has 5 aliphatic rings. The number of carbonyl (C=O) groups is 1. The van der Waals surface area contributed by atoms with Gasteiger partial charge in [-0.25, -0.2) is 86.6 Å². The zero-order valence-electron chi connectivity index (χ0n) is 53.0. The van der Waals surface area contributed by atoms with Gasteiger partial charge in [0.25, 0.3) is 0 Å². The number of nitrogens with two attached hydrogens (primary N) is 2. The molecule has 19 atom stereocenters. The molecule has 5 saturated heterocycles. The van der Waals surface area contributed by atoms with Crippen LogP contribution in [-0.4, -0.2) is 178 Å². The lowest BCUT2D eigenvalue weighted by Gasteiger charge is -2.25. The monoisotopic (exact) mass is 1340 g/mol. The van der Waals surface area contributed by atoms with Gasteiger partial charge in [-0.3, -0.25) is 13.7 Å². The molecule has 0 aromatic carbocycles. The molecule has 5 aliphatic heterocycles. The van der Waals surface area contributed by atoms with Crippen LogP contribution < -0.4 is 11.5 Å². The normalized spacial score (nSPS) is 34.7. The number of halogens is 7. The number of fused-ring (bicyclic) bond motifs is 4. The molecule has 13 rings (SSSR count). The van der Waals surface area contributed by atoms with E-state index in [1.54, 1.807) is 36.8 Å². The zero-order valence-corrected chi connectivity index (χ0v) is 54.5. The van der Waals surface area contributed by atoms with Gasteiger partial charge >= 0.3 is 5.97 Å². The van der Waals surface area contributed by atoms with E-state index in [1.807, 2.05) is 41.5 Å². The highest BCUT2D eigenvalue weighted by Gasteiger charge is 2.57. The topological polar surface area (TPSA) is 361 Å². The third-order valence-electron chi connectivity index (χ3n) is 18.3. The number of H-pyrrole nitrogens is 1. The first kappa shape index (κ1) is 71.1. The Morgan fingerprint density at radius 3 is 1.30 bits per heavy atom. The molecule has 5 fully saturated rings. The number of aromatic amines is 1. The van der Waals surface area contributed by atoms with Crippen LogP contribution in [-0.2, 0) is 28.5 Å². The number of cyclic esters (lactones) is 1. The third-order valence-corrected chi connectivity index (χ3v) is 18.9. The number of aromatic nitrogens is 16. The number of imidazole rings is 4. The number of anilines is 2. The number of rotatable bonds is 8. The van der Waals surface area contributed by atoms with Crippen LogP contribution in [0.3, 0.4) is 0 Å². The van der Waals surface area contributed by atoms with Gasteiger partial charge in [0, 0.05) is 23.7 Å². The first-order valence-electron chi connectivity index (χ1n) is 30.0. The van der Waals surface area contributed by atoms with E-state index in [-0.39, 0.29) is 64.9 Å². The van der Waals surface area contributed by atoms with Crippen molar-refractivity contribution < 1.29 is 65.8 Å². The minimum atomic E-state index is -2.10. The van der Waals surface area contributed by atoms with Gasteiger partial charge in [-0.05, 0) is 60.3 Å². The zero-order chi connectivity index (χ0) is 67.7. The van der Waals surface area contributed by atoms with Crippen molar-refractivity contribution in [3.63, 3.8) is 0 Å². The second kappa shape index (κ2) is 28.0. The molecular formula is C58H79Cl2F5N18O9. The standard InChI is InChI=1S/C13H16ClFN4O.C13H18FN5O.C11H14FN5O3.C8H15FO2.C8H13FO2.C5H3ClN4/c1-4-8-7(2)13(3,15)12(20-8)19-6-18-9-10(14)16-5-17-11(9)19;1-4-8-7(2)13(3,14)12(20-8)19-6-18-9-10(15)16-5-17-11(9)19;1-11(12)7(19)5(2-18)20-10(11)17-4-16-6-8(13)14-3-15-9(6)17;2*1-4-6-5(2)8(3,9)7(10)11-6;6-4-3-5(9-1-7-3)10-2-8-4/h5-8,12H,4H2,1-3H3;5-8,12H,4H2,1-3H3,(H2,15,16,17);3-5,7,10,18-19H,2H2,1H3,(H2,13,14,15);5-7,10H,4H2,1-3H3;5-6H,4H2,1-3H3;1-2H,(H,7,8,9,10)/t2*7-,8-,12?,13-;5-,7-,10?,11-;5-,6-,7?,8-;5-,6-,8-;/m11111./s1. The SMILES string of the molecule is CC[C@H]1OC(=O)[C@](C)(F)[C@@H]1C.CC[C@H]1OC(O)[C@](C)(F)[C@@H]1C.CC[C@H]1OC(n2cnc3c(Cl)ncnc32)[C@](C)(F)[C@@H]1C.CC[C@H]1OC(n2cnc3c(N)ncnc32)[C@](C)(F)[C@@H]1C.C[C@]1(F)C(n2cnc3c(N)ncnc32)O[C@H](CO)[C@H]1O.Clc1ncnc2nc[nH]c12. The second-order valence-corrected chi connectivity index (χ2v) is 24.8. The summed E-state index contributed by atoms with van der Waals surface area (Å²) in [7, 11) is 0. The van der Waals surface area contributed by atoms with Crippen LogP contribution in [0.5, 0.6) is 0 Å². The van der Waals surface area contributed by atoms with E-state index < -0.39 is 78.1 Å². The molecule has 34 heteroatoms. The van der Waals surface area contributed by atoms with Crippen LogP contribution in [0, 0.1) is 23.7 Å². The molecule has 27 nitrogen and oxygen atoms in total. The minimum Gasteiger partial charge on any atom is -0.460 e. The maximum Gasteiger partial charge on any atom is 0.344 e. The van der Waals surface area contributed by atoms with Gasteiger partial charge < -0.3 is 55.5 Å². The smallest absolute Gasteiger partial charge is 0.344 e. The predicted octanol–water partition coefficient (Wildman–Crippen LogP) is 8.79. The summed E-state index contributed by atoms with van der Waals surface area (Å²) >= 11 is 11.6. The Balaban J connectivity index is 0.000000145. The highest BCUT2D eigenvalue weighted by atomic mass is 35.5. The Kier molecular flexibility index (Phi) is 21.7. The Hall–Kier alpha value is -6.78. The van der Waals surface area contributed by atoms with Crippen molar-refractivity contribution in [2.75, 3.05) is 18.1 Å². The molecule has 0 radical (unpaired) electrons. The fraction of sp³-hybridized carbons (Fsp3) is 0.638. The Morgan fingerprint density at radius 1 is 0.522 bits per heavy atom. The van der Waals surface area contributed by atoms with E-state index in [0.29, 0.717) is 56.2 Å². The van der Waals surface area contributed by atoms with E-state index in [4.69, 9.17) is 68.6 Å². The van der Waals surface area contributed by atoms with Crippen molar-refractivity contribution in [2.24, 2.45) is 23.7 Å². The van der Waals surface area contributed by atoms with Crippen molar-refractivity contribution in [3.8, 4) is 0 Å². The molecule has 504 valence electrons. The Bertz CT molecular complexity index is 3540. The van der Waals surface area contributed by atoms with Crippen LogP contribution in [0.1, 0.15) is 134 Å². The van der Waals surface area contributed by atoms with Gasteiger partial charge in [-0.1, -0.05) is 78.6 Å². The van der Waals surface area contributed by atoms with Crippen LogP contribution in [0.2, 0.25) is 10.3 Å². The van der Waals surface area contributed by atoms with Crippen molar-refractivity contribution in [3.05, 3.63) is 60.9 Å². The fourth-order valence-corrected chi connectivity index (χ4v) is 11.9. The molecule has 0 aliphatic carbocycles. The summed E-state index contributed by atoms with van der Waals surface area (Å²) in [4.78, 5) is 61.4. The van der Waals surface area contributed by atoms with E-state index >= 15 is 8.78 Å². The number of carbonyl (C=O) groups excluding carboxylic acids is 1. The van der Waals surface area contributed by atoms with Gasteiger partial charge in [0.15, 0.2) is 92.2 Å². The maximum absolute atomic E-state index is 15.0. The molecule has 0 spiro atoms. The van der Waals surface area contributed by atoms with Crippen LogP contribution in [0.25, 0.3) is 44.7 Å². The number of hydrogen-bond acceptors (Lipinski definition) is 23. The van der Waals surface area contributed by atoms with Crippen LogP contribution >= 0.6 is 23.2 Å². The molecule has 13 heterocycles. The molecule has 92 heavy (non-hydrogen) atoms. The van der Waals surface area contributed by atoms with Gasteiger partial charge in [0.1, 0.15) is 65.7 Å². The summed E-state index contributed by atoms with van der Waals surface area (Å²) < 4.78 is 103. The molecule has 8 aromatic heterocycles. The molecule has 8 N–H and O–H groups in total. The number of hydrogen-bond donors (Lipinski definition) is 6. The van der Waals surface area contributed by atoms with Gasteiger partial charge in [-0.15, -0.1) is 0 Å². The summed E-state index contributed by atoms with van der Waals surface area (Å²) in [5.74, 6) is -1.19. The van der Waals surface area contributed by atoms with Crippen molar-refractivity contribution in [2.45, 2.75) is 206 Å². The first-order chi connectivity index (χ1) is 43.3. The van der Waals surface area contributed by atoms with E-state index in [9.17, 15) is 23.1 Å². The third kappa shape index (κ3) is 13.5. The van der Waals surface area contributed by atoms with E-state index in [0.717, 1.165) is 19.3 Å². The highest BCUT2D eigenvalue weighted by molar-refractivity contribution is 6.33. The van der Waals surface area contributed by atoms with Crippen molar-refractivity contribution in [1.29, 1.82) is 0 Å². The molecule has 4 unspecified atom stereocenters. The number of aliphatic hydroxyl groups excluding tert-OH is 3. The maximum atomic E-state index is 15.0. The van der Waals surface area contributed by atoms with Crippen LogP contribution in [0.15, 0.2) is 50.6 Å². The fourth-order valence-electron chi connectivity index (χ4n) is 11.5. The summed E-state index contributed by atoms with van der Waals surface area (Å²) in [6, 6.07) is 0. The predicted molar refractivity (Wildman–Crippen MR) is 327 cm³/mol. The van der Waals surface area contributed by atoms with Crippen molar-refractivity contribution in [1.82, 2.24) is 78.5 Å². The van der Waals surface area contributed by atoms with Gasteiger partial charge in [-0.2, -0.15) is 0 Å². The minimum absolute atomic E-state index is 0.119. The summed E-state index contributed by atoms with van der Waals surface area (Å²) in [6.45, 7) is 21.5. The largest absolute Gasteiger partial charge is 0.460 e. The molecule has 0 bridgehead atoms. The summed E-state index contributed by atoms with van der Waals surface area (Å²) in [5, 5.41) is 28.8. The Labute approximate surface area is 536 Å². The summed E-state index contributed by atoms with van der Waals surface area (Å²) in [5.41, 5.74) is 6.81. The second-order valence-electron chi connectivity index (χ2n) is 24.1. The van der Waals surface area contributed by atoms with Crippen LogP contribution in [0.4, 0.5) is 33.6 Å². The van der Waals surface area contributed by atoms with E-state index in [2.05, 4.69) is 64.8 Å². The number of aliphatic hydroxyl groups is 3. The number of nitrogen functional groups attached to an aromatic ring is 2. The number of nitrogens with zero attached hydrogens (tertiary/aromatic N) is 15. The molecule has 8 aromatic rings. The highest BCUT2D eigenvalue weighted by Crippen LogP contribution is 2.49. The number of alkyl halides is 5. The van der Waals surface area contributed by atoms with Gasteiger partial charge in [0.05, 0.1) is 50.2 Å². The summed E-state index contributed by atoms with van der Waals surface area (Å²) in [6.07, 6.45) is 7.18. The average molecular weight is 1340 g/mol. The Morgan fingerprint density at radius 2 is 0.924 bits per heavy atom. The molecule has 0 amide bonds. The number of ether oxygens (including phenoxy) is 5. The average Bonchev–Trinajstić information content (AvgIpc) is 1.61.